The zero-order valence-electron chi connectivity index (χ0n) is 15.6. The standard InChI is InChI=1S/C19H25N5O3/c1-26-14-8-9-16(27-2)15(12-14)21-17-10-11-18(24-23-17)22-19(25)20-13-6-4-3-5-7-13/h8-13H,3-7H2,1-2H3,(H,21,23)(H2,20,22,24,25). The number of ether oxygens (including phenoxy) is 2. The number of urea groups is 1. The minimum Gasteiger partial charge on any atom is -0.497 e. The van der Waals surface area contributed by atoms with Crippen LogP contribution in [-0.4, -0.2) is 36.5 Å². The van der Waals surface area contributed by atoms with Gasteiger partial charge in [0.2, 0.25) is 0 Å². The minimum absolute atomic E-state index is 0.244. The fourth-order valence-electron chi connectivity index (χ4n) is 3.10. The van der Waals surface area contributed by atoms with E-state index in [2.05, 4.69) is 26.1 Å². The first kappa shape index (κ1) is 18.8. The summed E-state index contributed by atoms with van der Waals surface area (Å²) in [7, 11) is 3.20. The second-order valence-electron chi connectivity index (χ2n) is 6.43. The molecule has 8 heteroatoms. The fourth-order valence-corrected chi connectivity index (χ4v) is 3.10. The van der Waals surface area contributed by atoms with Gasteiger partial charge in [-0.05, 0) is 37.1 Å². The van der Waals surface area contributed by atoms with E-state index in [1.807, 2.05) is 12.1 Å². The Morgan fingerprint density at radius 1 is 1.00 bits per heavy atom. The lowest BCUT2D eigenvalue weighted by Gasteiger charge is -2.22. The number of methoxy groups -OCH3 is 2. The Morgan fingerprint density at radius 2 is 1.74 bits per heavy atom. The molecule has 0 atom stereocenters. The fraction of sp³-hybridized carbons (Fsp3) is 0.421. The van der Waals surface area contributed by atoms with Crippen molar-refractivity contribution >= 4 is 23.4 Å². The molecule has 0 bridgehead atoms. The molecule has 1 aliphatic carbocycles. The van der Waals surface area contributed by atoms with E-state index in [4.69, 9.17) is 9.47 Å². The summed E-state index contributed by atoms with van der Waals surface area (Å²) in [5, 5.41) is 17.0. The highest BCUT2D eigenvalue weighted by atomic mass is 16.5. The molecule has 1 saturated carbocycles. The van der Waals surface area contributed by atoms with E-state index in [0.717, 1.165) is 12.8 Å². The van der Waals surface area contributed by atoms with Gasteiger partial charge in [-0.1, -0.05) is 19.3 Å². The average molecular weight is 371 g/mol. The second-order valence-corrected chi connectivity index (χ2v) is 6.43. The molecule has 3 N–H and O–H groups in total. The molecule has 144 valence electrons. The summed E-state index contributed by atoms with van der Waals surface area (Å²) in [4.78, 5) is 12.1. The van der Waals surface area contributed by atoms with Gasteiger partial charge in [0.05, 0.1) is 19.9 Å². The lowest BCUT2D eigenvalue weighted by Crippen LogP contribution is -2.39. The third-order valence-corrected chi connectivity index (χ3v) is 4.52. The van der Waals surface area contributed by atoms with Gasteiger partial charge in [-0.25, -0.2) is 4.79 Å². The number of hydrogen-bond donors (Lipinski definition) is 3. The molecule has 1 fully saturated rings. The van der Waals surface area contributed by atoms with E-state index < -0.39 is 0 Å². The normalized spacial score (nSPS) is 14.3. The number of carbonyl (C=O) groups excluding carboxylic acids is 1. The number of benzene rings is 1. The molecule has 1 aromatic carbocycles. The summed E-state index contributed by atoms with van der Waals surface area (Å²) in [6.07, 6.45) is 5.64. The summed E-state index contributed by atoms with van der Waals surface area (Å²) >= 11 is 0. The van der Waals surface area contributed by atoms with Gasteiger partial charge < -0.3 is 20.1 Å². The van der Waals surface area contributed by atoms with Gasteiger partial charge in [0.1, 0.15) is 11.5 Å². The Bertz CT molecular complexity index is 760. The number of hydrogen-bond acceptors (Lipinski definition) is 6. The van der Waals surface area contributed by atoms with Gasteiger partial charge in [0, 0.05) is 12.1 Å². The lowest BCUT2D eigenvalue weighted by atomic mass is 9.96. The summed E-state index contributed by atoms with van der Waals surface area (Å²) in [5.41, 5.74) is 0.710. The molecule has 27 heavy (non-hydrogen) atoms. The van der Waals surface area contributed by atoms with Gasteiger partial charge in [-0.15, -0.1) is 10.2 Å². The first-order chi connectivity index (χ1) is 13.2. The predicted octanol–water partition coefficient (Wildman–Crippen LogP) is 3.69. The van der Waals surface area contributed by atoms with Gasteiger partial charge in [0.15, 0.2) is 11.6 Å². The molecule has 3 rings (SSSR count). The van der Waals surface area contributed by atoms with E-state index in [-0.39, 0.29) is 12.1 Å². The van der Waals surface area contributed by atoms with Crippen LogP contribution in [0.4, 0.5) is 22.1 Å². The van der Waals surface area contributed by atoms with Crippen LogP contribution in [0.15, 0.2) is 30.3 Å². The highest BCUT2D eigenvalue weighted by molar-refractivity contribution is 5.88. The molecule has 1 aromatic heterocycles. The van der Waals surface area contributed by atoms with Crippen molar-refractivity contribution in [3.63, 3.8) is 0 Å². The number of rotatable bonds is 6. The molecule has 0 unspecified atom stereocenters. The molecular formula is C19H25N5O3. The monoisotopic (exact) mass is 371 g/mol. The van der Waals surface area contributed by atoms with Crippen LogP contribution in [0.2, 0.25) is 0 Å². The van der Waals surface area contributed by atoms with Crippen LogP contribution < -0.4 is 25.4 Å². The van der Waals surface area contributed by atoms with Crippen LogP contribution in [0.1, 0.15) is 32.1 Å². The Morgan fingerprint density at radius 3 is 2.41 bits per heavy atom. The van der Waals surface area contributed by atoms with E-state index in [0.29, 0.717) is 28.8 Å². The molecule has 0 spiro atoms. The smallest absolute Gasteiger partial charge is 0.320 e. The largest absolute Gasteiger partial charge is 0.497 e. The van der Waals surface area contributed by atoms with E-state index in [1.54, 1.807) is 32.4 Å². The molecule has 0 saturated heterocycles. The van der Waals surface area contributed by atoms with Crippen LogP contribution in [0.25, 0.3) is 0 Å². The molecule has 2 amide bonds. The third kappa shape index (κ3) is 5.22. The summed E-state index contributed by atoms with van der Waals surface area (Å²) < 4.78 is 10.6. The predicted molar refractivity (Wildman–Crippen MR) is 104 cm³/mol. The molecule has 1 aliphatic rings. The number of nitrogens with one attached hydrogen (secondary N) is 3. The zero-order valence-corrected chi connectivity index (χ0v) is 15.6. The molecule has 0 radical (unpaired) electrons. The quantitative estimate of drug-likeness (QED) is 0.716. The second kappa shape index (κ2) is 9.07. The third-order valence-electron chi connectivity index (χ3n) is 4.52. The maximum absolute atomic E-state index is 12.1. The Labute approximate surface area is 158 Å². The van der Waals surface area contributed by atoms with E-state index >= 15 is 0 Å². The lowest BCUT2D eigenvalue weighted by molar-refractivity contribution is 0.244. The Kier molecular flexibility index (Phi) is 6.30. The van der Waals surface area contributed by atoms with E-state index in [1.165, 1.54) is 19.3 Å². The Hall–Kier alpha value is -3.03. The van der Waals surface area contributed by atoms with Gasteiger partial charge >= 0.3 is 6.03 Å². The van der Waals surface area contributed by atoms with E-state index in [9.17, 15) is 4.79 Å². The van der Waals surface area contributed by atoms with Crippen molar-refractivity contribution in [2.24, 2.45) is 0 Å². The zero-order chi connectivity index (χ0) is 19.1. The van der Waals surface area contributed by atoms with Crippen LogP contribution >= 0.6 is 0 Å². The SMILES string of the molecule is COc1ccc(OC)c(Nc2ccc(NC(=O)NC3CCCCC3)nn2)c1. The van der Waals surface area contributed by atoms with Crippen molar-refractivity contribution in [2.45, 2.75) is 38.1 Å². The van der Waals surface area contributed by atoms with Gasteiger partial charge in [-0.3, -0.25) is 5.32 Å². The van der Waals surface area contributed by atoms with Gasteiger partial charge in [-0.2, -0.15) is 0 Å². The van der Waals surface area contributed by atoms with Gasteiger partial charge in [0.25, 0.3) is 0 Å². The number of nitrogens with zero attached hydrogens (tertiary/aromatic N) is 2. The van der Waals surface area contributed by atoms with Crippen LogP contribution in [0.3, 0.4) is 0 Å². The summed E-state index contributed by atoms with van der Waals surface area (Å²) in [6.45, 7) is 0. The topological polar surface area (TPSA) is 97.4 Å². The Balaban J connectivity index is 1.59. The highest BCUT2D eigenvalue weighted by Crippen LogP contribution is 2.30. The maximum Gasteiger partial charge on any atom is 0.320 e. The molecule has 2 aromatic rings. The maximum atomic E-state index is 12.1. The number of aromatic nitrogens is 2. The summed E-state index contributed by atoms with van der Waals surface area (Å²) in [5.74, 6) is 2.28. The number of anilines is 3. The van der Waals surface area contributed by atoms with Crippen molar-refractivity contribution in [1.29, 1.82) is 0 Å². The number of carbonyl (C=O) groups is 1. The van der Waals surface area contributed by atoms with Crippen molar-refractivity contribution < 1.29 is 14.3 Å². The molecule has 0 aliphatic heterocycles. The number of amides is 2. The molecule has 8 nitrogen and oxygen atoms in total. The minimum atomic E-state index is -0.244. The van der Waals surface area contributed by atoms with Crippen molar-refractivity contribution in [2.75, 3.05) is 24.9 Å². The van der Waals surface area contributed by atoms with Crippen molar-refractivity contribution in [3.05, 3.63) is 30.3 Å². The highest BCUT2D eigenvalue weighted by Gasteiger charge is 2.16. The van der Waals surface area contributed by atoms with Crippen LogP contribution in [0, 0.1) is 0 Å². The molecular weight excluding hydrogens is 346 g/mol. The van der Waals surface area contributed by atoms with Crippen molar-refractivity contribution in [1.82, 2.24) is 15.5 Å². The first-order valence-corrected chi connectivity index (χ1v) is 9.08. The summed E-state index contributed by atoms with van der Waals surface area (Å²) in [6, 6.07) is 8.86. The average Bonchev–Trinajstić information content (AvgIpc) is 2.70. The van der Waals surface area contributed by atoms with Crippen LogP contribution in [0.5, 0.6) is 11.5 Å². The molecule has 1 heterocycles. The first-order valence-electron chi connectivity index (χ1n) is 9.08. The van der Waals surface area contributed by atoms with Crippen LogP contribution in [-0.2, 0) is 0 Å². The van der Waals surface area contributed by atoms with Crippen molar-refractivity contribution in [3.8, 4) is 11.5 Å².